The average molecular weight is 281 g/mol. The van der Waals surface area contributed by atoms with Crippen LogP contribution in [0.1, 0.15) is 26.2 Å². The highest BCUT2D eigenvalue weighted by Gasteiger charge is 2.31. The average Bonchev–Trinajstić information content (AvgIpc) is 2.85. The first-order valence-electron chi connectivity index (χ1n) is 6.94. The van der Waals surface area contributed by atoms with Gasteiger partial charge >= 0.3 is 0 Å². The number of nitrogens with one attached hydrogen (secondary N) is 1. The van der Waals surface area contributed by atoms with Crippen molar-refractivity contribution in [2.75, 3.05) is 6.54 Å². The molecule has 3 unspecified atom stereocenters. The molecule has 3 atom stereocenters. The van der Waals surface area contributed by atoms with Crippen LogP contribution >= 0.6 is 0 Å². The Hall–Kier alpha value is -1.62. The first-order valence-corrected chi connectivity index (χ1v) is 6.94. The molecule has 0 spiro atoms. The molecular weight excluding hydrogens is 261 g/mol. The van der Waals surface area contributed by atoms with E-state index in [0.717, 1.165) is 12.8 Å². The molecule has 1 aliphatic rings. The summed E-state index contributed by atoms with van der Waals surface area (Å²) in [5, 5.41) is 12.4. The Labute approximate surface area is 117 Å². The minimum atomic E-state index is -0.525. The minimum Gasteiger partial charge on any atom is -0.489 e. The molecule has 4 nitrogen and oxygen atoms in total. The van der Waals surface area contributed by atoms with E-state index in [1.54, 1.807) is 12.1 Å². The van der Waals surface area contributed by atoms with Crippen LogP contribution in [-0.4, -0.2) is 29.8 Å². The Morgan fingerprint density at radius 3 is 2.75 bits per heavy atom. The van der Waals surface area contributed by atoms with Crippen LogP contribution in [0.2, 0.25) is 0 Å². The zero-order valence-corrected chi connectivity index (χ0v) is 11.5. The summed E-state index contributed by atoms with van der Waals surface area (Å²) in [7, 11) is 0. The van der Waals surface area contributed by atoms with Crippen molar-refractivity contribution in [3.63, 3.8) is 0 Å². The van der Waals surface area contributed by atoms with Crippen LogP contribution in [0.5, 0.6) is 5.75 Å². The summed E-state index contributed by atoms with van der Waals surface area (Å²) in [4.78, 5) is 11.9. The van der Waals surface area contributed by atoms with Crippen LogP contribution in [0.3, 0.4) is 0 Å². The van der Waals surface area contributed by atoms with Crippen molar-refractivity contribution in [2.45, 2.75) is 38.4 Å². The molecule has 2 rings (SSSR count). The van der Waals surface area contributed by atoms with E-state index in [4.69, 9.17) is 4.74 Å². The van der Waals surface area contributed by atoms with E-state index in [9.17, 15) is 14.3 Å². The van der Waals surface area contributed by atoms with Gasteiger partial charge in [0.2, 0.25) is 5.91 Å². The van der Waals surface area contributed by atoms with E-state index < -0.39 is 6.10 Å². The van der Waals surface area contributed by atoms with E-state index in [-0.39, 0.29) is 23.7 Å². The van der Waals surface area contributed by atoms with Gasteiger partial charge in [-0.1, -0.05) is 0 Å². The number of hydrogen-bond donors (Lipinski definition) is 2. The van der Waals surface area contributed by atoms with Gasteiger partial charge in [-0.25, -0.2) is 4.39 Å². The van der Waals surface area contributed by atoms with Crippen molar-refractivity contribution in [2.24, 2.45) is 5.92 Å². The molecule has 110 valence electrons. The maximum Gasteiger partial charge on any atom is 0.225 e. The molecule has 1 amide bonds. The Morgan fingerprint density at radius 1 is 1.45 bits per heavy atom. The van der Waals surface area contributed by atoms with Crippen molar-refractivity contribution in [1.29, 1.82) is 0 Å². The van der Waals surface area contributed by atoms with Crippen LogP contribution < -0.4 is 10.1 Å². The molecule has 0 aromatic heterocycles. The standard InChI is InChI=1S/C15H20FNO3/c1-10(20-12-7-5-11(16)6-8-12)9-17-15(19)13-3-2-4-14(13)18/h5-8,10,13-14,18H,2-4,9H2,1H3,(H,17,19). The predicted molar refractivity (Wildman–Crippen MR) is 72.8 cm³/mol. The SMILES string of the molecule is CC(CNC(=O)C1CCCC1O)Oc1ccc(F)cc1. The van der Waals surface area contributed by atoms with Crippen molar-refractivity contribution in [3.05, 3.63) is 30.1 Å². The van der Waals surface area contributed by atoms with Crippen molar-refractivity contribution < 1.29 is 19.0 Å². The lowest BCUT2D eigenvalue weighted by atomic mass is 10.1. The van der Waals surface area contributed by atoms with Gasteiger partial charge in [0, 0.05) is 0 Å². The molecule has 1 saturated carbocycles. The van der Waals surface area contributed by atoms with E-state index in [1.165, 1.54) is 12.1 Å². The highest BCUT2D eigenvalue weighted by molar-refractivity contribution is 5.79. The first-order chi connectivity index (χ1) is 9.56. The molecule has 0 aliphatic heterocycles. The molecule has 0 saturated heterocycles. The molecule has 1 aliphatic carbocycles. The number of rotatable bonds is 5. The Morgan fingerprint density at radius 2 is 2.15 bits per heavy atom. The number of hydrogen-bond acceptors (Lipinski definition) is 3. The second-order valence-electron chi connectivity index (χ2n) is 5.23. The number of carbonyl (C=O) groups excluding carboxylic acids is 1. The zero-order chi connectivity index (χ0) is 14.5. The second kappa shape index (κ2) is 6.70. The predicted octanol–water partition coefficient (Wildman–Crippen LogP) is 1.87. The Kier molecular flexibility index (Phi) is 4.95. The maximum absolute atomic E-state index is 12.8. The smallest absolute Gasteiger partial charge is 0.225 e. The molecule has 20 heavy (non-hydrogen) atoms. The summed E-state index contributed by atoms with van der Waals surface area (Å²) < 4.78 is 18.3. The molecule has 0 bridgehead atoms. The number of ether oxygens (including phenoxy) is 1. The lowest BCUT2D eigenvalue weighted by Crippen LogP contribution is -2.39. The Balaban J connectivity index is 1.76. The molecule has 0 radical (unpaired) electrons. The third-order valence-corrected chi connectivity index (χ3v) is 3.53. The van der Waals surface area contributed by atoms with Gasteiger partial charge in [0.1, 0.15) is 17.7 Å². The number of halogens is 1. The molecule has 2 N–H and O–H groups in total. The summed E-state index contributed by atoms with van der Waals surface area (Å²) in [6.07, 6.45) is 1.58. The van der Waals surface area contributed by atoms with Gasteiger partial charge in [-0.15, -0.1) is 0 Å². The molecule has 1 fully saturated rings. The van der Waals surface area contributed by atoms with Gasteiger partial charge in [-0.2, -0.15) is 0 Å². The third kappa shape index (κ3) is 3.93. The van der Waals surface area contributed by atoms with Crippen molar-refractivity contribution in [3.8, 4) is 5.75 Å². The van der Waals surface area contributed by atoms with Gasteiger partial charge in [0.15, 0.2) is 0 Å². The third-order valence-electron chi connectivity index (χ3n) is 3.53. The summed E-state index contributed by atoms with van der Waals surface area (Å²) in [6, 6.07) is 5.76. The van der Waals surface area contributed by atoms with Crippen LogP contribution in [0, 0.1) is 11.7 Å². The number of benzene rings is 1. The normalized spacial score (nSPS) is 23.4. The van der Waals surface area contributed by atoms with E-state index in [2.05, 4.69) is 5.32 Å². The zero-order valence-electron chi connectivity index (χ0n) is 11.5. The van der Waals surface area contributed by atoms with Gasteiger partial charge in [-0.3, -0.25) is 4.79 Å². The molecule has 0 heterocycles. The lowest BCUT2D eigenvalue weighted by molar-refractivity contribution is -0.127. The fourth-order valence-electron chi connectivity index (χ4n) is 2.41. The quantitative estimate of drug-likeness (QED) is 0.866. The Bertz CT molecular complexity index is 449. The summed E-state index contributed by atoms with van der Waals surface area (Å²) in [6.45, 7) is 2.19. The highest BCUT2D eigenvalue weighted by Crippen LogP contribution is 2.25. The van der Waals surface area contributed by atoms with Crippen molar-refractivity contribution >= 4 is 5.91 Å². The first kappa shape index (κ1) is 14.8. The van der Waals surface area contributed by atoms with Crippen LogP contribution in [0.4, 0.5) is 4.39 Å². The van der Waals surface area contributed by atoms with Crippen LogP contribution in [0.15, 0.2) is 24.3 Å². The monoisotopic (exact) mass is 281 g/mol. The van der Waals surface area contributed by atoms with Gasteiger partial charge in [-0.05, 0) is 50.5 Å². The summed E-state index contributed by atoms with van der Waals surface area (Å²) in [5.74, 6) is -0.167. The van der Waals surface area contributed by atoms with Gasteiger partial charge in [0.05, 0.1) is 18.6 Å². The molecular formula is C15H20FNO3. The number of aliphatic hydroxyl groups is 1. The number of aliphatic hydroxyl groups excluding tert-OH is 1. The maximum atomic E-state index is 12.8. The number of carbonyl (C=O) groups is 1. The van der Waals surface area contributed by atoms with Gasteiger partial charge in [0.25, 0.3) is 0 Å². The molecule has 1 aromatic rings. The van der Waals surface area contributed by atoms with E-state index >= 15 is 0 Å². The number of amides is 1. The van der Waals surface area contributed by atoms with E-state index in [1.807, 2.05) is 6.92 Å². The summed E-state index contributed by atoms with van der Waals surface area (Å²) >= 11 is 0. The molecule has 1 aromatic carbocycles. The van der Waals surface area contributed by atoms with Gasteiger partial charge < -0.3 is 15.2 Å². The fourth-order valence-corrected chi connectivity index (χ4v) is 2.41. The minimum absolute atomic E-state index is 0.121. The largest absolute Gasteiger partial charge is 0.489 e. The molecule has 5 heteroatoms. The van der Waals surface area contributed by atoms with Crippen LogP contribution in [-0.2, 0) is 4.79 Å². The summed E-state index contributed by atoms with van der Waals surface area (Å²) in [5.41, 5.74) is 0. The topological polar surface area (TPSA) is 58.6 Å². The highest BCUT2D eigenvalue weighted by atomic mass is 19.1. The van der Waals surface area contributed by atoms with Crippen LogP contribution in [0.25, 0.3) is 0 Å². The van der Waals surface area contributed by atoms with E-state index in [0.29, 0.717) is 18.7 Å². The lowest BCUT2D eigenvalue weighted by Gasteiger charge is -2.18. The van der Waals surface area contributed by atoms with Crippen molar-refractivity contribution in [1.82, 2.24) is 5.32 Å². The second-order valence-corrected chi connectivity index (χ2v) is 5.23. The fraction of sp³-hybridized carbons (Fsp3) is 0.533.